The SMILES string of the molecule is CCOc1ccc(C2(O)CCCC2)cn1. The summed E-state index contributed by atoms with van der Waals surface area (Å²) in [6.07, 6.45) is 5.63. The molecule has 1 aromatic rings. The zero-order valence-electron chi connectivity index (χ0n) is 9.07. The molecule has 1 aliphatic rings. The lowest BCUT2D eigenvalue weighted by Crippen LogP contribution is -2.20. The van der Waals surface area contributed by atoms with Crippen molar-refractivity contribution in [2.45, 2.75) is 38.2 Å². The Morgan fingerprint density at radius 3 is 2.67 bits per heavy atom. The fourth-order valence-electron chi connectivity index (χ4n) is 2.14. The average molecular weight is 207 g/mol. The molecule has 1 saturated carbocycles. The molecule has 3 nitrogen and oxygen atoms in total. The average Bonchev–Trinajstić information content (AvgIpc) is 2.68. The van der Waals surface area contributed by atoms with E-state index in [2.05, 4.69) is 4.98 Å². The maximum atomic E-state index is 10.3. The van der Waals surface area contributed by atoms with Crippen molar-refractivity contribution >= 4 is 0 Å². The Hall–Kier alpha value is -1.09. The highest BCUT2D eigenvalue weighted by Gasteiger charge is 2.33. The molecule has 15 heavy (non-hydrogen) atoms. The van der Waals surface area contributed by atoms with Crippen LogP contribution in [0.25, 0.3) is 0 Å². The van der Waals surface area contributed by atoms with Crippen LogP contribution < -0.4 is 4.74 Å². The smallest absolute Gasteiger partial charge is 0.213 e. The van der Waals surface area contributed by atoms with Crippen LogP contribution in [0, 0.1) is 0 Å². The largest absolute Gasteiger partial charge is 0.478 e. The maximum Gasteiger partial charge on any atom is 0.213 e. The Morgan fingerprint density at radius 1 is 1.40 bits per heavy atom. The van der Waals surface area contributed by atoms with E-state index in [9.17, 15) is 5.11 Å². The van der Waals surface area contributed by atoms with Crippen LogP contribution in [-0.4, -0.2) is 16.7 Å². The minimum Gasteiger partial charge on any atom is -0.478 e. The molecule has 0 amide bonds. The molecule has 0 aliphatic heterocycles. The molecular weight excluding hydrogens is 190 g/mol. The number of aliphatic hydroxyl groups is 1. The first-order valence-corrected chi connectivity index (χ1v) is 5.56. The van der Waals surface area contributed by atoms with Crippen molar-refractivity contribution in [3.05, 3.63) is 23.9 Å². The Labute approximate surface area is 90.1 Å². The molecule has 82 valence electrons. The van der Waals surface area contributed by atoms with Crippen LogP contribution >= 0.6 is 0 Å². The second-order valence-corrected chi connectivity index (χ2v) is 4.06. The number of ether oxygens (including phenoxy) is 1. The van der Waals surface area contributed by atoms with Gasteiger partial charge in [-0.3, -0.25) is 0 Å². The zero-order chi connectivity index (χ0) is 10.7. The van der Waals surface area contributed by atoms with Crippen molar-refractivity contribution in [1.29, 1.82) is 0 Å². The molecule has 0 saturated heterocycles. The number of hydrogen-bond acceptors (Lipinski definition) is 3. The van der Waals surface area contributed by atoms with E-state index in [0.717, 1.165) is 31.2 Å². The molecule has 0 bridgehead atoms. The Morgan fingerprint density at radius 2 is 2.13 bits per heavy atom. The summed E-state index contributed by atoms with van der Waals surface area (Å²) in [5, 5.41) is 10.3. The van der Waals surface area contributed by atoms with Crippen LogP contribution in [0.15, 0.2) is 18.3 Å². The van der Waals surface area contributed by atoms with E-state index in [1.54, 1.807) is 6.20 Å². The Bertz CT molecular complexity index is 315. The van der Waals surface area contributed by atoms with Gasteiger partial charge in [-0.2, -0.15) is 0 Å². The number of rotatable bonds is 3. The first-order chi connectivity index (χ1) is 7.24. The summed E-state index contributed by atoms with van der Waals surface area (Å²) in [7, 11) is 0. The molecule has 0 unspecified atom stereocenters. The molecule has 1 fully saturated rings. The lowest BCUT2D eigenvalue weighted by molar-refractivity contribution is 0.0440. The highest BCUT2D eigenvalue weighted by Crippen LogP contribution is 2.38. The van der Waals surface area contributed by atoms with Gasteiger partial charge in [-0.05, 0) is 25.8 Å². The molecule has 1 aliphatic carbocycles. The van der Waals surface area contributed by atoms with Gasteiger partial charge in [0.05, 0.1) is 12.2 Å². The molecule has 1 N–H and O–H groups in total. The predicted molar refractivity (Wildman–Crippen MR) is 57.8 cm³/mol. The lowest BCUT2D eigenvalue weighted by atomic mass is 9.94. The second kappa shape index (κ2) is 4.19. The third-order valence-electron chi connectivity index (χ3n) is 3.00. The molecule has 1 heterocycles. The molecule has 1 aromatic heterocycles. The third-order valence-corrected chi connectivity index (χ3v) is 3.00. The van der Waals surface area contributed by atoms with Crippen LogP contribution in [-0.2, 0) is 5.60 Å². The summed E-state index contributed by atoms with van der Waals surface area (Å²) >= 11 is 0. The molecule has 2 rings (SSSR count). The summed E-state index contributed by atoms with van der Waals surface area (Å²) in [6, 6.07) is 3.75. The van der Waals surface area contributed by atoms with Crippen molar-refractivity contribution in [3.63, 3.8) is 0 Å². The normalized spacial score (nSPS) is 19.1. The van der Waals surface area contributed by atoms with Crippen molar-refractivity contribution in [2.75, 3.05) is 6.61 Å². The van der Waals surface area contributed by atoms with Gasteiger partial charge in [-0.1, -0.05) is 12.8 Å². The molecule has 0 aromatic carbocycles. The van der Waals surface area contributed by atoms with Crippen LogP contribution in [0.2, 0.25) is 0 Å². The topological polar surface area (TPSA) is 42.4 Å². The van der Waals surface area contributed by atoms with E-state index < -0.39 is 5.60 Å². The minimum atomic E-state index is -0.641. The summed E-state index contributed by atoms with van der Waals surface area (Å²) < 4.78 is 5.26. The summed E-state index contributed by atoms with van der Waals surface area (Å²) in [6.45, 7) is 2.55. The predicted octanol–water partition coefficient (Wildman–Crippen LogP) is 2.24. The van der Waals surface area contributed by atoms with Gasteiger partial charge in [0.25, 0.3) is 0 Å². The molecule has 0 atom stereocenters. The second-order valence-electron chi connectivity index (χ2n) is 4.06. The van der Waals surface area contributed by atoms with E-state index in [4.69, 9.17) is 4.74 Å². The van der Waals surface area contributed by atoms with E-state index in [1.807, 2.05) is 19.1 Å². The standard InChI is InChI=1S/C12H17NO2/c1-2-15-11-6-5-10(9-13-11)12(14)7-3-4-8-12/h5-6,9,14H,2-4,7-8H2,1H3. The van der Waals surface area contributed by atoms with E-state index in [0.29, 0.717) is 12.5 Å². The van der Waals surface area contributed by atoms with Gasteiger partial charge in [-0.15, -0.1) is 0 Å². The van der Waals surface area contributed by atoms with Gasteiger partial charge < -0.3 is 9.84 Å². The van der Waals surface area contributed by atoms with E-state index >= 15 is 0 Å². The Kier molecular flexibility index (Phi) is 2.91. The summed E-state index contributed by atoms with van der Waals surface area (Å²) in [5.74, 6) is 0.628. The van der Waals surface area contributed by atoms with Crippen molar-refractivity contribution < 1.29 is 9.84 Å². The zero-order valence-corrected chi connectivity index (χ0v) is 9.07. The number of nitrogens with zero attached hydrogens (tertiary/aromatic N) is 1. The van der Waals surface area contributed by atoms with Gasteiger partial charge in [0.15, 0.2) is 0 Å². The number of aromatic nitrogens is 1. The van der Waals surface area contributed by atoms with Crippen molar-refractivity contribution in [3.8, 4) is 5.88 Å². The summed E-state index contributed by atoms with van der Waals surface area (Å²) in [5.41, 5.74) is 0.279. The molecular formula is C12H17NO2. The third kappa shape index (κ3) is 2.12. The van der Waals surface area contributed by atoms with Crippen molar-refractivity contribution in [2.24, 2.45) is 0 Å². The number of pyridine rings is 1. The first kappa shape index (κ1) is 10.4. The molecule has 0 spiro atoms. The quantitative estimate of drug-likeness (QED) is 0.826. The number of hydrogen-bond donors (Lipinski definition) is 1. The van der Waals surface area contributed by atoms with Gasteiger partial charge in [0.1, 0.15) is 0 Å². The van der Waals surface area contributed by atoms with Gasteiger partial charge >= 0.3 is 0 Å². The first-order valence-electron chi connectivity index (χ1n) is 5.56. The van der Waals surface area contributed by atoms with Crippen molar-refractivity contribution in [1.82, 2.24) is 4.98 Å². The van der Waals surface area contributed by atoms with Gasteiger partial charge in [0.2, 0.25) is 5.88 Å². The van der Waals surface area contributed by atoms with Gasteiger partial charge in [-0.25, -0.2) is 4.98 Å². The Balaban J connectivity index is 2.15. The minimum absolute atomic E-state index is 0.622. The fraction of sp³-hybridized carbons (Fsp3) is 0.583. The van der Waals surface area contributed by atoms with Crippen LogP contribution in [0.4, 0.5) is 0 Å². The van der Waals surface area contributed by atoms with Crippen LogP contribution in [0.5, 0.6) is 5.88 Å². The van der Waals surface area contributed by atoms with Crippen LogP contribution in [0.1, 0.15) is 38.2 Å². The highest BCUT2D eigenvalue weighted by atomic mass is 16.5. The van der Waals surface area contributed by atoms with Gasteiger partial charge in [0, 0.05) is 17.8 Å². The molecule has 3 heteroatoms. The summed E-state index contributed by atoms with van der Waals surface area (Å²) in [4.78, 5) is 4.18. The monoisotopic (exact) mass is 207 g/mol. The fourth-order valence-corrected chi connectivity index (χ4v) is 2.14. The van der Waals surface area contributed by atoms with E-state index in [-0.39, 0.29) is 0 Å². The molecule has 0 radical (unpaired) electrons. The maximum absolute atomic E-state index is 10.3. The lowest BCUT2D eigenvalue weighted by Gasteiger charge is -2.22. The highest BCUT2D eigenvalue weighted by molar-refractivity contribution is 5.24. The van der Waals surface area contributed by atoms with E-state index in [1.165, 1.54) is 0 Å². The van der Waals surface area contributed by atoms with Crippen LogP contribution in [0.3, 0.4) is 0 Å².